The van der Waals surface area contributed by atoms with Crippen LogP contribution in [0.3, 0.4) is 0 Å². The molecule has 0 aliphatic rings. The molecule has 0 radical (unpaired) electrons. The topological polar surface area (TPSA) is 62.7 Å². The number of fused-ring (bicyclic) bond motifs is 1. The molecular weight excluding hydrogens is 276 g/mol. The molecule has 22 heavy (non-hydrogen) atoms. The molecular formula is C17H20N4O. The molecule has 114 valence electrons. The number of rotatable bonds is 4. The molecule has 2 heterocycles. The molecule has 1 aromatic carbocycles. The van der Waals surface area contributed by atoms with Gasteiger partial charge < -0.3 is 9.88 Å². The van der Waals surface area contributed by atoms with Crippen molar-refractivity contribution in [1.82, 2.24) is 20.1 Å². The van der Waals surface area contributed by atoms with Crippen LogP contribution in [-0.4, -0.2) is 27.2 Å². The van der Waals surface area contributed by atoms with Gasteiger partial charge in [0.25, 0.3) is 5.91 Å². The molecule has 3 aromatic rings. The highest BCUT2D eigenvalue weighted by molar-refractivity contribution is 6.06. The fourth-order valence-corrected chi connectivity index (χ4v) is 2.86. The van der Waals surface area contributed by atoms with Crippen LogP contribution >= 0.6 is 0 Å². The summed E-state index contributed by atoms with van der Waals surface area (Å²) in [7, 11) is 1.96. The van der Waals surface area contributed by atoms with E-state index in [0.717, 1.165) is 34.3 Å². The van der Waals surface area contributed by atoms with Crippen molar-refractivity contribution in [2.75, 3.05) is 6.54 Å². The third kappa shape index (κ3) is 2.50. The van der Waals surface area contributed by atoms with Gasteiger partial charge in [-0.1, -0.05) is 18.2 Å². The maximum Gasteiger partial charge on any atom is 0.253 e. The zero-order valence-corrected chi connectivity index (χ0v) is 13.1. The summed E-state index contributed by atoms with van der Waals surface area (Å²) in [6.07, 6.45) is 2.67. The SMILES string of the molecule is Cc1n[nH]c(C)c1CCNC(=O)c1cn(C)c2ccccc12. The predicted octanol–water partition coefficient (Wildman–Crippen LogP) is 2.49. The summed E-state index contributed by atoms with van der Waals surface area (Å²) >= 11 is 0. The molecule has 0 aliphatic carbocycles. The molecule has 0 saturated heterocycles. The number of amides is 1. The van der Waals surface area contributed by atoms with E-state index in [0.29, 0.717) is 6.54 Å². The number of para-hydroxylation sites is 1. The van der Waals surface area contributed by atoms with Gasteiger partial charge in [-0.2, -0.15) is 5.10 Å². The number of carbonyl (C=O) groups is 1. The number of aromatic nitrogens is 3. The van der Waals surface area contributed by atoms with E-state index in [1.165, 1.54) is 5.56 Å². The molecule has 0 atom stereocenters. The maximum atomic E-state index is 12.4. The van der Waals surface area contributed by atoms with Gasteiger partial charge in [-0.05, 0) is 31.9 Å². The summed E-state index contributed by atoms with van der Waals surface area (Å²) < 4.78 is 1.98. The average molecular weight is 296 g/mol. The minimum atomic E-state index is -0.0319. The number of nitrogens with zero attached hydrogens (tertiary/aromatic N) is 2. The Kier molecular flexibility index (Phi) is 3.71. The van der Waals surface area contributed by atoms with Gasteiger partial charge in [0.05, 0.1) is 11.3 Å². The lowest BCUT2D eigenvalue weighted by Gasteiger charge is -2.05. The van der Waals surface area contributed by atoms with Gasteiger partial charge in [0.2, 0.25) is 0 Å². The van der Waals surface area contributed by atoms with E-state index in [-0.39, 0.29) is 5.91 Å². The normalized spacial score (nSPS) is 11.0. The summed E-state index contributed by atoms with van der Waals surface area (Å²) in [5, 5.41) is 11.1. The van der Waals surface area contributed by atoms with Gasteiger partial charge in [0.1, 0.15) is 0 Å². The lowest BCUT2D eigenvalue weighted by atomic mass is 10.1. The minimum absolute atomic E-state index is 0.0319. The smallest absolute Gasteiger partial charge is 0.253 e. The molecule has 2 aromatic heterocycles. The zero-order valence-electron chi connectivity index (χ0n) is 13.1. The number of hydrogen-bond acceptors (Lipinski definition) is 2. The largest absolute Gasteiger partial charge is 0.352 e. The summed E-state index contributed by atoms with van der Waals surface area (Å²) in [5.41, 5.74) is 5.03. The van der Waals surface area contributed by atoms with E-state index in [9.17, 15) is 4.79 Å². The highest BCUT2D eigenvalue weighted by Crippen LogP contribution is 2.20. The van der Waals surface area contributed by atoms with Crippen LogP contribution in [-0.2, 0) is 13.5 Å². The molecule has 0 aliphatic heterocycles. The van der Waals surface area contributed by atoms with Gasteiger partial charge in [0, 0.05) is 36.4 Å². The lowest BCUT2D eigenvalue weighted by molar-refractivity contribution is 0.0955. The van der Waals surface area contributed by atoms with Crippen molar-refractivity contribution >= 4 is 16.8 Å². The van der Waals surface area contributed by atoms with E-state index < -0.39 is 0 Å². The summed E-state index contributed by atoms with van der Waals surface area (Å²) in [5.74, 6) is -0.0319. The highest BCUT2D eigenvalue weighted by atomic mass is 16.1. The van der Waals surface area contributed by atoms with Crippen LogP contribution in [0, 0.1) is 13.8 Å². The Morgan fingerprint density at radius 1 is 1.32 bits per heavy atom. The van der Waals surface area contributed by atoms with Gasteiger partial charge in [-0.3, -0.25) is 9.89 Å². The second kappa shape index (κ2) is 5.67. The van der Waals surface area contributed by atoms with Crippen molar-refractivity contribution in [1.29, 1.82) is 0 Å². The van der Waals surface area contributed by atoms with Crippen molar-refractivity contribution in [3.8, 4) is 0 Å². The van der Waals surface area contributed by atoms with E-state index in [1.807, 2.05) is 55.9 Å². The number of H-pyrrole nitrogens is 1. The second-order valence-corrected chi connectivity index (χ2v) is 5.59. The van der Waals surface area contributed by atoms with Crippen LogP contribution < -0.4 is 5.32 Å². The number of aromatic amines is 1. The Morgan fingerprint density at radius 3 is 2.82 bits per heavy atom. The van der Waals surface area contributed by atoms with Crippen LogP contribution in [0.15, 0.2) is 30.5 Å². The van der Waals surface area contributed by atoms with Crippen molar-refractivity contribution < 1.29 is 4.79 Å². The monoisotopic (exact) mass is 296 g/mol. The van der Waals surface area contributed by atoms with Crippen LogP contribution in [0.5, 0.6) is 0 Å². The van der Waals surface area contributed by atoms with E-state index >= 15 is 0 Å². The van der Waals surface area contributed by atoms with Crippen molar-refractivity contribution in [2.45, 2.75) is 20.3 Å². The first-order valence-electron chi connectivity index (χ1n) is 7.40. The molecule has 0 fully saturated rings. The van der Waals surface area contributed by atoms with Crippen LogP contribution in [0.2, 0.25) is 0 Å². The first kappa shape index (κ1) is 14.4. The molecule has 0 unspecified atom stereocenters. The summed E-state index contributed by atoms with van der Waals surface area (Å²) in [6, 6.07) is 7.94. The average Bonchev–Trinajstić information content (AvgIpc) is 3.02. The highest BCUT2D eigenvalue weighted by Gasteiger charge is 2.13. The standard InChI is InChI=1S/C17H20N4O/c1-11-13(12(2)20-19-11)8-9-18-17(22)15-10-21(3)16-7-5-4-6-14(15)16/h4-7,10H,8-9H2,1-3H3,(H,18,22)(H,19,20). The Morgan fingerprint density at radius 2 is 2.09 bits per heavy atom. The Bertz CT molecular complexity index is 809. The third-order valence-corrected chi connectivity index (χ3v) is 4.08. The third-order valence-electron chi connectivity index (χ3n) is 4.08. The van der Waals surface area contributed by atoms with E-state index in [4.69, 9.17) is 0 Å². The second-order valence-electron chi connectivity index (χ2n) is 5.59. The lowest BCUT2D eigenvalue weighted by Crippen LogP contribution is -2.25. The van der Waals surface area contributed by atoms with Crippen LogP contribution in [0.1, 0.15) is 27.3 Å². The fraction of sp³-hybridized carbons (Fsp3) is 0.294. The van der Waals surface area contributed by atoms with Crippen molar-refractivity contribution in [2.24, 2.45) is 7.05 Å². The first-order chi connectivity index (χ1) is 10.6. The minimum Gasteiger partial charge on any atom is -0.352 e. The number of hydrogen-bond donors (Lipinski definition) is 2. The maximum absolute atomic E-state index is 12.4. The van der Waals surface area contributed by atoms with Crippen molar-refractivity contribution in [3.63, 3.8) is 0 Å². The van der Waals surface area contributed by atoms with Crippen LogP contribution in [0.4, 0.5) is 0 Å². The number of carbonyl (C=O) groups excluding carboxylic acids is 1. The van der Waals surface area contributed by atoms with Gasteiger partial charge in [0.15, 0.2) is 0 Å². The van der Waals surface area contributed by atoms with E-state index in [1.54, 1.807) is 0 Å². The van der Waals surface area contributed by atoms with Gasteiger partial charge in [-0.15, -0.1) is 0 Å². The van der Waals surface area contributed by atoms with Crippen LogP contribution in [0.25, 0.3) is 10.9 Å². The first-order valence-corrected chi connectivity index (χ1v) is 7.40. The quantitative estimate of drug-likeness (QED) is 0.777. The molecule has 2 N–H and O–H groups in total. The molecule has 5 heteroatoms. The zero-order chi connectivity index (χ0) is 15.7. The Hall–Kier alpha value is -2.56. The summed E-state index contributed by atoms with van der Waals surface area (Å²) in [4.78, 5) is 12.4. The van der Waals surface area contributed by atoms with E-state index in [2.05, 4.69) is 15.5 Å². The molecule has 1 amide bonds. The Balaban J connectivity index is 1.72. The van der Waals surface area contributed by atoms with Gasteiger partial charge in [-0.25, -0.2) is 0 Å². The van der Waals surface area contributed by atoms with Crippen molar-refractivity contribution in [3.05, 3.63) is 53.0 Å². The number of nitrogens with one attached hydrogen (secondary N) is 2. The molecule has 0 saturated carbocycles. The number of benzene rings is 1. The Labute approximate surface area is 129 Å². The molecule has 3 rings (SSSR count). The molecule has 0 spiro atoms. The fourth-order valence-electron chi connectivity index (χ4n) is 2.86. The summed E-state index contributed by atoms with van der Waals surface area (Å²) in [6.45, 7) is 4.58. The number of aryl methyl sites for hydroxylation is 3. The predicted molar refractivity (Wildman–Crippen MR) is 87.0 cm³/mol. The van der Waals surface area contributed by atoms with Gasteiger partial charge >= 0.3 is 0 Å². The molecule has 0 bridgehead atoms. The molecule has 5 nitrogen and oxygen atoms in total.